The van der Waals surface area contributed by atoms with Crippen molar-refractivity contribution < 1.29 is 8.83 Å². The van der Waals surface area contributed by atoms with E-state index in [1.165, 1.54) is 0 Å². The Labute approximate surface area is 329 Å². The first-order chi connectivity index (χ1) is 28.6. The Kier molecular flexibility index (Phi) is 6.41. The molecule has 7 heteroatoms. The van der Waals surface area contributed by atoms with Gasteiger partial charge in [-0.1, -0.05) is 60.7 Å². The third kappa shape index (κ3) is 4.40. The molecule has 4 aromatic heterocycles. The van der Waals surface area contributed by atoms with Gasteiger partial charge in [0, 0.05) is 60.9 Å². The SMILES string of the molecule is [C-]#[N+]c1ccc(-n2c3ccc(-c4ccc5c(c4)c4cc6c(cc4n5-c4ccc(C#N)cc4C#N)oc4ccccc46)cc3c3cc4c(cc32)oc2ccccc24)cc1. The van der Waals surface area contributed by atoms with Crippen LogP contribution in [-0.2, 0) is 0 Å². The van der Waals surface area contributed by atoms with Gasteiger partial charge in [-0.25, -0.2) is 4.85 Å². The van der Waals surface area contributed by atoms with Gasteiger partial charge < -0.3 is 18.0 Å². The standard InChI is InChI=1S/C51H25N5O2/c1-54-33-13-15-34(16-14-33)55-44-18-11-30(21-37(44)39-23-41-35-6-2-4-8-48(35)57-50(41)25-46(39)55)31-12-19-45-38(22-31)40-24-42-36-7-3-5-9-49(36)58-51(42)26-47(40)56(45)43-17-10-29(27-52)20-32(43)28-53/h2-26H. The van der Waals surface area contributed by atoms with E-state index in [1.807, 2.05) is 66.7 Å². The molecular formula is C51H25N5O2. The lowest BCUT2D eigenvalue weighted by Gasteiger charge is -2.11. The molecule has 0 aliphatic carbocycles. The fourth-order valence-corrected chi connectivity index (χ4v) is 8.94. The van der Waals surface area contributed by atoms with E-state index in [0.29, 0.717) is 22.5 Å². The van der Waals surface area contributed by atoms with Crippen LogP contribution in [0.3, 0.4) is 0 Å². The van der Waals surface area contributed by atoms with Gasteiger partial charge in [0.15, 0.2) is 5.69 Å². The summed E-state index contributed by atoms with van der Waals surface area (Å²) in [5.41, 5.74) is 12.3. The second-order valence-corrected chi connectivity index (χ2v) is 14.6. The first-order valence-corrected chi connectivity index (χ1v) is 18.8. The molecule has 266 valence electrons. The van der Waals surface area contributed by atoms with Crippen molar-refractivity contribution in [3.63, 3.8) is 0 Å². The highest BCUT2D eigenvalue weighted by Crippen LogP contribution is 2.43. The van der Waals surface area contributed by atoms with Crippen LogP contribution in [0.1, 0.15) is 11.1 Å². The van der Waals surface area contributed by atoms with E-state index in [0.717, 1.165) is 104 Å². The van der Waals surface area contributed by atoms with Crippen molar-refractivity contribution in [2.75, 3.05) is 0 Å². The topological polar surface area (TPSA) is 88.1 Å². The number of furan rings is 2. The minimum Gasteiger partial charge on any atom is -0.456 e. The van der Waals surface area contributed by atoms with E-state index in [-0.39, 0.29) is 0 Å². The number of rotatable bonds is 3. The number of benzene rings is 8. The minimum absolute atomic E-state index is 0.414. The molecule has 0 amide bonds. The van der Waals surface area contributed by atoms with Crippen LogP contribution in [0.15, 0.2) is 160 Å². The Balaban J connectivity index is 1.13. The molecule has 0 aliphatic rings. The zero-order chi connectivity index (χ0) is 38.6. The molecule has 0 saturated carbocycles. The van der Waals surface area contributed by atoms with Gasteiger partial charge in [-0.3, -0.25) is 0 Å². The molecule has 4 heterocycles. The fourth-order valence-electron chi connectivity index (χ4n) is 8.94. The molecule has 12 rings (SSSR count). The van der Waals surface area contributed by atoms with Crippen LogP contribution < -0.4 is 0 Å². The maximum Gasteiger partial charge on any atom is 0.187 e. The third-order valence-corrected chi connectivity index (χ3v) is 11.6. The molecule has 7 nitrogen and oxygen atoms in total. The van der Waals surface area contributed by atoms with Crippen molar-refractivity contribution in [2.45, 2.75) is 0 Å². The minimum atomic E-state index is 0.414. The highest BCUT2D eigenvalue weighted by molar-refractivity contribution is 6.20. The molecule has 0 fully saturated rings. The van der Waals surface area contributed by atoms with Gasteiger partial charge in [-0.2, -0.15) is 10.5 Å². The lowest BCUT2D eigenvalue weighted by atomic mass is 10.00. The molecule has 0 aliphatic heterocycles. The number of aromatic nitrogens is 2. The predicted molar refractivity (Wildman–Crippen MR) is 231 cm³/mol. The van der Waals surface area contributed by atoms with Crippen LogP contribution in [0.4, 0.5) is 5.69 Å². The van der Waals surface area contributed by atoms with E-state index in [2.05, 4.69) is 98.9 Å². The van der Waals surface area contributed by atoms with Crippen LogP contribution in [0.5, 0.6) is 0 Å². The monoisotopic (exact) mass is 739 g/mol. The van der Waals surface area contributed by atoms with Crippen LogP contribution in [0.2, 0.25) is 0 Å². The molecule has 0 N–H and O–H groups in total. The number of hydrogen-bond donors (Lipinski definition) is 0. The lowest BCUT2D eigenvalue weighted by Crippen LogP contribution is -1.98. The van der Waals surface area contributed by atoms with Gasteiger partial charge >= 0.3 is 0 Å². The van der Waals surface area contributed by atoms with Crippen LogP contribution in [0, 0.1) is 29.2 Å². The van der Waals surface area contributed by atoms with Crippen molar-refractivity contribution in [1.29, 1.82) is 10.5 Å². The molecule has 0 atom stereocenters. The van der Waals surface area contributed by atoms with E-state index in [9.17, 15) is 10.5 Å². The largest absolute Gasteiger partial charge is 0.456 e. The number of fused-ring (bicyclic) bond motifs is 12. The summed E-state index contributed by atoms with van der Waals surface area (Å²) in [6, 6.07) is 55.4. The first kappa shape index (κ1) is 31.7. The fraction of sp³-hybridized carbons (Fsp3) is 0. The quantitative estimate of drug-likeness (QED) is 0.169. The molecule has 8 aromatic carbocycles. The Bertz CT molecular complexity index is 3890. The van der Waals surface area contributed by atoms with E-state index >= 15 is 0 Å². The molecule has 12 aromatic rings. The molecule has 0 saturated heterocycles. The molecule has 58 heavy (non-hydrogen) atoms. The normalized spacial score (nSPS) is 11.7. The average Bonchev–Trinajstić information content (AvgIpc) is 4.01. The van der Waals surface area contributed by atoms with Crippen LogP contribution in [-0.4, -0.2) is 9.13 Å². The van der Waals surface area contributed by atoms with Gasteiger partial charge in [0.05, 0.1) is 51.5 Å². The first-order valence-electron chi connectivity index (χ1n) is 18.8. The van der Waals surface area contributed by atoms with Crippen molar-refractivity contribution >= 4 is 93.2 Å². The highest BCUT2D eigenvalue weighted by atomic mass is 16.3. The number of nitriles is 2. The van der Waals surface area contributed by atoms with Gasteiger partial charge in [0.2, 0.25) is 0 Å². The van der Waals surface area contributed by atoms with Crippen LogP contribution >= 0.6 is 0 Å². The van der Waals surface area contributed by atoms with Crippen LogP contribution in [0.25, 0.3) is 115 Å². The van der Waals surface area contributed by atoms with Crippen molar-refractivity contribution in [1.82, 2.24) is 9.13 Å². The second kappa shape index (κ2) is 11.7. The van der Waals surface area contributed by atoms with Gasteiger partial charge in [-0.05, 0) is 90.0 Å². The Morgan fingerprint density at radius 3 is 1.57 bits per heavy atom. The van der Waals surface area contributed by atoms with Crippen molar-refractivity contribution in [3.05, 3.63) is 174 Å². The Hall–Kier alpha value is -8.57. The summed E-state index contributed by atoms with van der Waals surface area (Å²) < 4.78 is 17.1. The number of para-hydroxylation sites is 2. The summed E-state index contributed by atoms with van der Waals surface area (Å²) in [6.07, 6.45) is 0. The zero-order valence-corrected chi connectivity index (χ0v) is 30.5. The molecule has 0 spiro atoms. The maximum atomic E-state index is 10.3. The van der Waals surface area contributed by atoms with Gasteiger partial charge in [0.1, 0.15) is 28.4 Å². The smallest absolute Gasteiger partial charge is 0.187 e. The predicted octanol–water partition coefficient (Wildman–Crippen LogP) is 13.6. The summed E-state index contributed by atoms with van der Waals surface area (Å²) in [7, 11) is 0. The highest BCUT2D eigenvalue weighted by Gasteiger charge is 2.21. The second-order valence-electron chi connectivity index (χ2n) is 14.6. The Morgan fingerprint density at radius 1 is 0.448 bits per heavy atom. The molecular weight excluding hydrogens is 715 g/mol. The maximum absolute atomic E-state index is 10.3. The van der Waals surface area contributed by atoms with E-state index in [4.69, 9.17) is 15.4 Å². The van der Waals surface area contributed by atoms with Crippen molar-refractivity contribution in [2.24, 2.45) is 0 Å². The number of nitrogens with zero attached hydrogens (tertiary/aromatic N) is 5. The van der Waals surface area contributed by atoms with Gasteiger partial charge in [-0.15, -0.1) is 0 Å². The number of hydrogen-bond acceptors (Lipinski definition) is 4. The summed E-state index contributed by atoms with van der Waals surface area (Å²) in [5.74, 6) is 0. The van der Waals surface area contributed by atoms with E-state index in [1.54, 1.807) is 12.1 Å². The van der Waals surface area contributed by atoms with E-state index < -0.39 is 0 Å². The lowest BCUT2D eigenvalue weighted by molar-refractivity contribution is 0.669. The summed E-state index contributed by atoms with van der Waals surface area (Å²) in [6.45, 7) is 7.51. The zero-order valence-electron chi connectivity index (χ0n) is 30.5. The average molecular weight is 740 g/mol. The van der Waals surface area contributed by atoms with Gasteiger partial charge in [0.25, 0.3) is 0 Å². The summed E-state index contributed by atoms with van der Waals surface area (Å²) in [4.78, 5) is 3.62. The molecule has 0 unspecified atom stereocenters. The van der Waals surface area contributed by atoms with Crippen molar-refractivity contribution in [3.8, 4) is 34.6 Å². The summed E-state index contributed by atoms with van der Waals surface area (Å²) in [5, 5.41) is 28.4. The third-order valence-electron chi connectivity index (χ3n) is 11.6. The molecule has 0 bridgehead atoms. The Morgan fingerprint density at radius 2 is 1.00 bits per heavy atom. The molecule has 0 radical (unpaired) electrons. The summed E-state index contributed by atoms with van der Waals surface area (Å²) >= 11 is 0.